The summed E-state index contributed by atoms with van der Waals surface area (Å²) in [6.45, 7) is 9.92. The summed E-state index contributed by atoms with van der Waals surface area (Å²) in [5.41, 5.74) is 3.09. The van der Waals surface area contributed by atoms with Gasteiger partial charge < -0.3 is 4.74 Å². The third-order valence-corrected chi connectivity index (χ3v) is 6.65. The molecule has 0 saturated carbocycles. The van der Waals surface area contributed by atoms with E-state index in [1.54, 1.807) is 11.3 Å². The van der Waals surface area contributed by atoms with E-state index in [0.717, 1.165) is 41.0 Å². The highest BCUT2D eigenvalue weighted by molar-refractivity contribution is 7.15. The van der Waals surface area contributed by atoms with Crippen LogP contribution in [-0.4, -0.2) is 46.2 Å². The van der Waals surface area contributed by atoms with Gasteiger partial charge in [-0.3, -0.25) is 0 Å². The van der Waals surface area contributed by atoms with Crippen LogP contribution in [-0.2, 0) is 4.74 Å². The molecule has 1 saturated heterocycles. The highest BCUT2D eigenvalue weighted by Gasteiger charge is 2.41. The van der Waals surface area contributed by atoms with Crippen LogP contribution in [0.3, 0.4) is 0 Å². The van der Waals surface area contributed by atoms with Gasteiger partial charge in [-0.25, -0.2) is 4.98 Å². The van der Waals surface area contributed by atoms with Gasteiger partial charge in [-0.2, -0.15) is 15.2 Å². The number of anilines is 2. The van der Waals surface area contributed by atoms with Gasteiger partial charge in [0, 0.05) is 23.5 Å². The summed E-state index contributed by atoms with van der Waals surface area (Å²) < 4.78 is 6.04. The maximum Gasteiger partial charge on any atom is 0.230 e. The lowest BCUT2D eigenvalue weighted by atomic mass is 10.2. The average molecular weight is 449 g/mol. The monoisotopic (exact) mass is 448 g/mol. The summed E-state index contributed by atoms with van der Waals surface area (Å²) in [6.07, 6.45) is 0.235. The topological polar surface area (TPSA) is 47.4 Å². The van der Waals surface area contributed by atoms with Gasteiger partial charge in [-0.05, 0) is 39.8 Å². The molecule has 0 spiro atoms. The lowest BCUT2D eigenvalue weighted by Gasteiger charge is -2.45. The van der Waals surface area contributed by atoms with Crippen LogP contribution in [0.25, 0.3) is 0 Å². The van der Waals surface area contributed by atoms with E-state index in [4.69, 9.17) is 14.8 Å². The number of hydrogen-bond acceptors (Lipinski definition) is 8. The van der Waals surface area contributed by atoms with E-state index in [9.17, 15) is 0 Å². The quantitative estimate of drug-likeness (QED) is 0.581. The van der Waals surface area contributed by atoms with E-state index in [0.29, 0.717) is 0 Å². The van der Waals surface area contributed by atoms with Gasteiger partial charge in [0.2, 0.25) is 5.13 Å². The molecule has 3 aromatic rings. The zero-order valence-corrected chi connectivity index (χ0v) is 19.7. The first-order valence-electron chi connectivity index (χ1n) is 10.9. The smallest absolute Gasteiger partial charge is 0.230 e. The van der Waals surface area contributed by atoms with E-state index in [2.05, 4.69) is 72.4 Å². The Labute approximate surface area is 193 Å². The second-order valence-corrected chi connectivity index (χ2v) is 9.44. The Morgan fingerprint density at radius 2 is 1.50 bits per heavy atom. The Balaban J connectivity index is 1.66. The highest BCUT2D eigenvalue weighted by Crippen LogP contribution is 2.36. The van der Waals surface area contributed by atoms with Crippen molar-refractivity contribution in [2.45, 2.75) is 39.9 Å². The molecule has 2 aromatic carbocycles. The maximum absolute atomic E-state index is 6.04. The molecular weight excluding hydrogens is 420 g/mol. The average Bonchev–Trinajstić information content (AvgIpc) is 3.35. The van der Waals surface area contributed by atoms with Crippen LogP contribution in [0.5, 0.6) is 0 Å². The second kappa shape index (κ2) is 8.54. The fraction of sp³-hybridized carbons (Fsp3) is 0.333. The van der Waals surface area contributed by atoms with Gasteiger partial charge in [0.1, 0.15) is 0 Å². The minimum absolute atomic E-state index is 0.117. The van der Waals surface area contributed by atoms with E-state index in [1.165, 1.54) is 4.88 Å². The molecule has 2 atom stereocenters. The minimum Gasteiger partial charge on any atom is -0.373 e. The number of aromatic nitrogens is 1. The molecule has 3 heterocycles. The first-order chi connectivity index (χ1) is 15.5. The first kappa shape index (κ1) is 20.9. The lowest BCUT2D eigenvalue weighted by Crippen LogP contribution is -2.62. The van der Waals surface area contributed by atoms with Crippen LogP contribution in [0, 0.1) is 13.8 Å². The molecule has 7 nitrogen and oxygen atoms in total. The number of para-hydroxylation sites is 1. The summed E-state index contributed by atoms with van der Waals surface area (Å²) in [7, 11) is 0. The van der Waals surface area contributed by atoms with Crippen molar-refractivity contribution in [2.75, 3.05) is 23.3 Å². The summed E-state index contributed by atoms with van der Waals surface area (Å²) in [4.78, 5) is 6.02. The Kier molecular flexibility index (Phi) is 5.58. The van der Waals surface area contributed by atoms with Crippen LogP contribution in [0.2, 0.25) is 0 Å². The molecule has 0 aliphatic carbocycles. The number of rotatable bonds is 4. The Hall–Kier alpha value is -2.94. The van der Waals surface area contributed by atoms with Crippen molar-refractivity contribution < 1.29 is 4.74 Å². The molecule has 1 aromatic heterocycles. The summed E-state index contributed by atoms with van der Waals surface area (Å²) >= 11 is 1.65. The number of nitrogens with zero attached hydrogens (tertiary/aromatic N) is 6. The van der Waals surface area contributed by atoms with Gasteiger partial charge in [0.05, 0.1) is 23.6 Å². The van der Waals surface area contributed by atoms with Crippen LogP contribution >= 0.6 is 11.3 Å². The van der Waals surface area contributed by atoms with Crippen molar-refractivity contribution in [1.29, 1.82) is 0 Å². The zero-order chi connectivity index (χ0) is 22.2. The van der Waals surface area contributed by atoms with Gasteiger partial charge >= 0.3 is 0 Å². The lowest BCUT2D eigenvalue weighted by molar-refractivity contribution is -0.123. The number of hydrazone groups is 1. The van der Waals surface area contributed by atoms with Crippen molar-refractivity contribution in [2.24, 2.45) is 5.10 Å². The van der Waals surface area contributed by atoms with Crippen LogP contribution in [0.15, 0.2) is 65.8 Å². The van der Waals surface area contributed by atoms with Crippen LogP contribution in [0.1, 0.15) is 30.0 Å². The molecule has 2 aliphatic rings. The molecule has 2 unspecified atom stereocenters. The van der Waals surface area contributed by atoms with Crippen molar-refractivity contribution in [3.05, 3.63) is 76.8 Å². The van der Waals surface area contributed by atoms with Crippen molar-refractivity contribution in [3.8, 4) is 0 Å². The third kappa shape index (κ3) is 3.85. The minimum atomic E-state index is 0.117. The standard InChI is InChI=1S/C24H28N6OS/c1-17-15-27(16-18(2)31-17)30-23(21-11-7-5-8-12-21)26-28(24-25-19(3)20(4)32-24)29(30)22-13-9-6-10-14-22/h5-14,17-18H,15-16H2,1-4H3. The normalized spacial score (nSPS) is 21.9. The summed E-state index contributed by atoms with van der Waals surface area (Å²) in [5, 5.41) is 14.5. The van der Waals surface area contributed by atoms with Crippen molar-refractivity contribution >= 4 is 28.0 Å². The summed E-state index contributed by atoms with van der Waals surface area (Å²) in [5.74, 6) is 0.862. The molecule has 0 N–H and O–H groups in total. The van der Waals surface area contributed by atoms with E-state index in [1.807, 2.05) is 36.3 Å². The molecule has 0 amide bonds. The SMILES string of the molecule is Cc1nc(N2N=C(c3ccccc3)N(N3CC(C)OC(C)C3)N2c2ccccc2)sc1C. The van der Waals surface area contributed by atoms with Gasteiger partial charge in [0.25, 0.3) is 0 Å². The number of hydrazine groups is 3. The molecule has 0 radical (unpaired) electrons. The number of thiazole rings is 1. The Bertz CT molecular complexity index is 1070. The van der Waals surface area contributed by atoms with E-state index >= 15 is 0 Å². The van der Waals surface area contributed by atoms with Gasteiger partial charge in [-0.1, -0.05) is 59.9 Å². The van der Waals surface area contributed by atoms with Gasteiger partial charge in [-0.15, -0.1) is 10.2 Å². The Morgan fingerprint density at radius 3 is 2.09 bits per heavy atom. The predicted octanol–water partition coefficient (Wildman–Crippen LogP) is 4.60. The van der Waals surface area contributed by atoms with Crippen LogP contribution < -0.4 is 10.2 Å². The molecule has 5 rings (SSSR count). The van der Waals surface area contributed by atoms with E-state index < -0.39 is 0 Å². The van der Waals surface area contributed by atoms with Gasteiger partial charge in [0.15, 0.2) is 5.84 Å². The molecule has 2 aliphatic heterocycles. The molecule has 166 valence electrons. The fourth-order valence-electron chi connectivity index (χ4n) is 4.11. The number of amidine groups is 1. The highest BCUT2D eigenvalue weighted by atomic mass is 32.1. The first-order valence-corrected chi connectivity index (χ1v) is 11.8. The third-order valence-electron chi connectivity index (χ3n) is 5.61. The molecule has 8 heteroatoms. The molecule has 1 fully saturated rings. The molecular formula is C24H28N6OS. The summed E-state index contributed by atoms with van der Waals surface area (Å²) in [6, 6.07) is 20.7. The van der Waals surface area contributed by atoms with Crippen molar-refractivity contribution in [1.82, 2.24) is 15.1 Å². The number of aryl methyl sites for hydroxylation is 2. The second-order valence-electron chi connectivity index (χ2n) is 8.26. The van der Waals surface area contributed by atoms with E-state index in [-0.39, 0.29) is 12.2 Å². The Morgan fingerprint density at radius 1 is 0.875 bits per heavy atom. The molecule has 32 heavy (non-hydrogen) atoms. The number of benzene rings is 2. The number of morpholine rings is 1. The largest absolute Gasteiger partial charge is 0.373 e. The predicted molar refractivity (Wildman–Crippen MR) is 129 cm³/mol. The maximum atomic E-state index is 6.04. The van der Waals surface area contributed by atoms with Crippen LogP contribution in [0.4, 0.5) is 10.8 Å². The zero-order valence-electron chi connectivity index (χ0n) is 18.8. The molecule has 0 bridgehead atoms. The van der Waals surface area contributed by atoms with Crippen molar-refractivity contribution in [3.63, 3.8) is 0 Å². The number of ether oxygens (including phenoxy) is 1. The number of hydrogen-bond donors (Lipinski definition) is 0. The fourth-order valence-corrected chi connectivity index (χ4v) is 4.96.